The van der Waals surface area contributed by atoms with Gasteiger partial charge in [0.25, 0.3) is 0 Å². The number of hydrogen-bond donors (Lipinski definition) is 1. The van der Waals surface area contributed by atoms with E-state index < -0.39 is 0 Å². The van der Waals surface area contributed by atoms with Gasteiger partial charge in [-0.05, 0) is 48.0 Å². The molecule has 112 valence electrons. The van der Waals surface area contributed by atoms with Crippen LogP contribution in [-0.4, -0.2) is 53.5 Å². The summed E-state index contributed by atoms with van der Waals surface area (Å²) in [6.07, 6.45) is 1.19. The molecule has 0 bridgehead atoms. The molecule has 2 N–H and O–H groups in total. The lowest BCUT2D eigenvalue weighted by Gasteiger charge is -2.47. The van der Waals surface area contributed by atoms with Crippen LogP contribution in [0.4, 0.5) is 0 Å². The Morgan fingerprint density at radius 3 is 2.21 bits per heavy atom. The Morgan fingerprint density at radius 2 is 1.74 bits per heavy atom. The number of morpholine rings is 1. The van der Waals surface area contributed by atoms with Gasteiger partial charge in [0, 0.05) is 25.7 Å². The van der Waals surface area contributed by atoms with E-state index in [4.69, 9.17) is 15.2 Å². The van der Waals surface area contributed by atoms with Gasteiger partial charge < -0.3 is 15.2 Å². The molecule has 2 rings (SSSR count). The van der Waals surface area contributed by atoms with Crippen molar-refractivity contribution < 1.29 is 9.47 Å². The Balaban J connectivity index is 2.16. The molecule has 0 amide bonds. The van der Waals surface area contributed by atoms with Crippen LogP contribution in [0.15, 0.2) is 0 Å². The molecule has 0 saturated carbocycles. The maximum atomic E-state index is 6.23. The number of nitrogens with two attached hydrogens (primary N) is 1. The third-order valence-electron chi connectivity index (χ3n) is 4.24. The molecule has 0 spiro atoms. The molecule has 4 nitrogen and oxygen atoms in total. The number of hydrogen-bond acceptors (Lipinski definition) is 4. The highest BCUT2D eigenvalue weighted by Crippen LogP contribution is 2.41. The molecule has 2 aliphatic rings. The van der Waals surface area contributed by atoms with Gasteiger partial charge >= 0.3 is 0 Å². The Morgan fingerprint density at radius 1 is 1.11 bits per heavy atom. The topological polar surface area (TPSA) is 47.7 Å². The van der Waals surface area contributed by atoms with Crippen LogP contribution in [0.1, 0.15) is 48.0 Å². The second-order valence-electron chi connectivity index (χ2n) is 7.85. The molecule has 0 aliphatic carbocycles. The molecule has 0 aromatic rings. The molecule has 2 atom stereocenters. The van der Waals surface area contributed by atoms with Crippen molar-refractivity contribution in [2.75, 3.05) is 19.6 Å². The highest BCUT2D eigenvalue weighted by atomic mass is 16.5. The predicted octanol–water partition coefficient (Wildman–Crippen LogP) is 1.77. The van der Waals surface area contributed by atoms with Gasteiger partial charge in [0.1, 0.15) is 0 Å². The van der Waals surface area contributed by atoms with Crippen molar-refractivity contribution in [2.45, 2.75) is 76.9 Å². The molecular formula is C15H30N2O2. The van der Waals surface area contributed by atoms with Crippen molar-refractivity contribution in [3.8, 4) is 0 Å². The van der Waals surface area contributed by atoms with Crippen molar-refractivity contribution in [3.63, 3.8) is 0 Å². The zero-order valence-corrected chi connectivity index (χ0v) is 13.3. The van der Waals surface area contributed by atoms with E-state index in [1.807, 2.05) is 0 Å². The number of rotatable bonds is 2. The summed E-state index contributed by atoms with van der Waals surface area (Å²) in [7, 11) is 0. The first-order valence-corrected chi connectivity index (χ1v) is 7.37. The van der Waals surface area contributed by atoms with Crippen LogP contribution in [-0.2, 0) is 9.47 Å². The van der Waals surface area contributed by atoms with Gasteiger partial charge in [0.15, 0.2) is 0 Å². The zero-order chi connectivity index (χ0) is 14.5. The molecule has 2 heterocycles. The second kappa shape index (κ2) is 4.69. The van der Waals surface area contributed by atoms with E-state index in [-0.39, 0.29) is 22.9 Å². The maximum Gasteiger partial charge on any atom is 0.0831 e. The molecule has 4 heteroatoms. The fraction of sp³-hybridized carbons (Fsp3) is 1.00. The summed E-state index contributed by atoms with van der Waals surface area (Å²) in [5.74, 6) is 0. The summed E-state index contributed by atoms with van der Waals surface area (Å²) < 4.78 is 12.3. The van der Waals surface area contributed by atoms with Crippen LogP contribution in [0.2, 0.25) is 0 Å². The predicted molar refractivity (Wildman–Crippen MR) is 77.2 cm³/mol. The van der Waals surface area contributed by atoms with E-state index in [1.54, 1.807) is 0 Å². The molecule has 2 unspecified atom stereocenters. The van der Waals surface area contributed by atoms with Crippen molar-refractivity contribution in [2.24, 2.45) is 5.73 Å². The Hall–Kier alpha value is -0.160. The average molecular weight is 270 g/mol. The van der Waals surface area contributed by atoms with Crippen LogP contribution < -0.4 is 5.73 Å². The van der Waals surface area contributed by atoms with Crippen molar-refractivity contribution in [3.05, 3.63) is 0 Å². The quantitative estimate of drug-likeness (QED) is 0.831. The van der Waals surface area contributed by atoms with Crippen LogP contribution >= 0.6 is 0 Å². The number of ether oxygens (including phenoxy) is 2. The molecule has 2 saturated heterocycles. The molecule has 19 heavy (non-hydrogen) atoms. The summed E-state index contributed by atoms with van der Waals surface area (Å²) >= 11 is 0. The molecule has 0 aromatic heterocycles. The monoisotopic (exact) mass is 270 g/mol. The van der Waals surface area contributed by atoms with Crippen LogP contribution in [0.5, 0.6) is 0 Å². The molecule has 2 fully saturated rings. The van der Waals surface area contributed by atoms with E-state index in [2.05, 4.69) is 46.4 Å². The summed E-state index contributed by atoms with van der Waals surface area (Å²) in [5.41, 5.74) is 5.53. The van der Waals surface area contributed by atoms with Gasteiger partial charge in [0.05, 0.1) is 22.9 Å². The fourth-order valence-electron chi connectivity index (χ4n) is 3.80. The molecule has 2 aliphatic heterocycles. The largest absolute Gasteiger partial charge is 0.368 e. The average Bonchev–Trinajstić information content (AvgIpc) is 2.44. The Bertz CT molecular complexity index is 339. The highest BCUT2D eigenvalue weighted by molar-refractivity contribution is 5.02. The van der Waals surface area contributed by atoms with Crippen molar-refractivity contribution >= 4 is 0 Å². The van der Waals surface area contributed by atoms with Gasteiger partial charge in [-0.1, -0.05) is 0 Å². The lowest BCUT2D eigenvalue weighted by Crippen LogP contribution is -2.60. The van der Waals surface area contributed by atoms with E-state index in [1.165, 1.54) is 0 Å². The molecular weight excluding hydrogens is 240 g/mol. The van der Waals surface area contributed by atoms with Gasteiger partial charge in [-0.3, -0.25) is 4.90 Å². The minimum Gasteiger partial charge on any atom is -0.368 e. The minimum atomic E-state index is -0.134. The lowest BCUT2D eigenvalue weighted by atomic mass is 9.90. The third kappa shape index (κ3) is 3.30. The van der Waals surface area contributed by atoms with Gasteiger partial charge in [-0.2, -0.15) is 0 Å². The van der Waals surface area contributed by atoms with E-state index >= 15 is 0 Å². The van der Waals surface area contributed by atoms with Crippen molar-refractivity contribution in [1.82, 2.24) is 4.90 Å². The van der Waals surface area contributed by atoms with Crippen LogP contribution in [0, 0.1) is 0 Å². The van der Waals surface area contributed by atoms with E-state index in [9.17, 15) is 0 Å². The van der Waals surface area contributed by atoms with Crippen molar-refractivity contribution in [1.29, 1.82) is 0 Å². The first-order chi connectivity index (χ1) is 8.55. The minimum absolute atomic E-state index is 0.0468. The Kier molecular flexibility index (Phi) is 3.76. The van der Waals surface area contributed by atoms with Crippen LogP contribution in [0.25, 0.3) is 0 Å². The van der Waals surface area contributed by atoms with Crippen LogP contribution in [0.3, 0.4) is 0 Å². The Labute approximate surface area is 117 Å². The normalized spacial score (nSPS) is 37.4. The number of nitrogens with zero attached hydrogens (tertiary/aromatic N) is 1. The van der Waals surface area contributed by atoms with E-state index in [0.29, 0.717) is 12.6 Å². The third-order valence-corrected chi connectivity index (χ3v) is 4.24. The highest BCUT2D eigenvalue weighted by Gasteiger charge is 2.50. The zero-order valence-electron chi connectivity index (χ0n) is 13.3. The van der Waals surface area contributed by atoms with E-state index in [0.717, 1.165) is 19.5 Å². The second-order valence-corrected chi connectivity index (χ2v) is 7.85. The van der Waals surface area contributed by atoms with Gasteiger partial charge in [0.2, 0.25) is 0 Å². The summed E-state index contributed by atoms with van der Waals surface area (Å²) in [5, 5.41) is 0. The maximum absolute atomic E-state index is 6.23. The van der Waals surface area contributed by atoms with Gasteiger partial charge in [-0.25, -0.2) is 0 Å². The smallest absolute Gasteiger partial charge is 0.0831 e. The summed E-state index contributed by atoms with van der Waals surface area (Å²) in [6.45, 7) is 15.5. The molecule has 0 radical (unpaired) electrons. The summed E-state index contributed by atoms with van der Waals surface area (Å²) in [4.78, 5) is 2.52. The van der Waals surface area contributed by atoms with Gasteiger partial charge in [-0.15, -0.1) is 0 Å². The standard InChI is InChI=1S/C15H30N2O2/c1-13(2)7-12(15(5,6)19-13)17-9-11(8-16)18-14(3,4)10-17/h11-12H,7-10,16H2,1-6H3. The first kappa shape index (κ1) is 15.2. The SMILES string of the molecule is CC1(C)CN(C2CC(C)(C)OC2(C)C)CC(CN)O1. The summed E-state index contributed by atoms with van der Waals surface area (Å²) in [6, 6.07) is 0.430. The lowest BCUT2D eigenvalue weighted by molar-refractivity contribution is -0.154. The molecule has 0 aromatic carbocycles. The fourth-order valence-corrected chi connectivity index (χ4v) is 3.80. The first-order valence-electron chi connectivity index (χ1n) is 7.37.